The number of likely N-dealkylation sites (tertiary alicyclic amines) is 1. The molecule has 1 saturated heterocycles. The van der Waals surface area contributed by atoms with Gasteiger partial charge >= 0.3 is 0 Å². The van der Waals surface area contributed by atoms with Gasteiger partial charge in [-0.1, -0.05) is 46.5 Å². The molecule has 1 unspecified atom stereocenters. The van der Waals surface area contributed by atoms with E-state index in [0.717, 1.165) is 6.54 Å². The SMILES string of the molecule is CCCCC(CN)N1CCC(CC)(CC)CC1. The van der Waals surface area contributed by atoms with Gasteiger partial charge in [0.1, 0.15) is 0 Å². The summed E-state index contributed by atoms with van der Waals surface area (Å²) in [6.45, 7) is 10.4. The second-order valence-electron chi connectivity index (χ2n) is 5.77. The van der Waals surface area contributed by atoms with Crippen LogP contribution in [0, 0.1) is 5.41 Å². The van der Waals surface area contributed by atoms with Crippen LogP contribution in [0.3, 0.4) is 0 Å². The maximum atomic E-state index is 5.94. The molecular weight excluding hydrogens is 208 g/mol. The highest BCUT2D eigenvalue weighted by atomic mass is 15.2. The van der Waals surface area contributed by atoms with Gasteiger partial charge in [0.2, 0.25) is 0 Å². The molecule has 17 heavy (non-hydrogen) atoms. The summed E-state index contributed by atoms with van der Waals surface area (Å²) in [5, 5.41) is 0. The molecule has 0 amide bonds. The summed E-state index contributed by atoms with van der Waals surface area (Å²) in [7, 11) is 0. The van der Waals surface area contributed by atoms with Crippen LogP contribution in [0.25, 0.3) is 0 Å². The molecule has 0 aromatic heterocycles. The van der Waals surface area contributed by atoms with Crippen molar-refractivity contribution in [3.8, 4) is 0 Å². The Morgan fingerprint density at radius 3 is 2.12 bits per heavy atom. The Bertz CT molecular complexity index is 189. The predicted octanol–water partition coefficient (Wildman–Crippen LogP) is 3.41. The van der Waals surface area contributed by atoms with Crippen molar-refractivity contribution >= 4 is 0 Å². The highest BCUT2D eigenvalue weighted by Crippen LogP contribution is 2.38. The van der Waals surface area contributed by atoms with E-state index in [1.807, 2.05) is 0 Å². The van der Waals surface area contributed by atoms with Gasteiger partial charge in [-0.2, -0.15) is 0 Å². The van der Waals surface area contributed by atoms with Crippen molar-refractivity contribution < 1.29 is 0 Å². The average Bonchev–Trinajstić information content (AvgIpc) is 2.40. The molecule has 0 saturated carbocycles. The third kappa shape index (κ3) is 3.96. The number of unbranched alkanes of at least 4 members (excludes halogenated alkanes) is 1. The van der Waals surface area contributed by atoms with Crippen LogP contribution < -0.4 is 5.73 Å². The number of nitrogens with two attached hydrogens (primary N) is 1. The minimum absolute atomic E-state index is 0.639. The highest BCUT2D eigenvalue weighted by molar-refractivity contribution is 4.86. The number of piperidine rings is 1. The zero-order chi connectivity index (χ0) is 12.7. The first-order chi connectivity index (χ1) is 8.21. The first kappa shape index (κ1) is 15.0. The molecule has 0 spiro atoms. The van der Waals surface area contributed by atoms with Crippen LogP contribution in [0.2, 0.25) is 0 Å². The molecule has 1 atom stereocenters. The number of nitrogens with zero attached hydrogens (tertiary/aromatic N) is 1. The lowest BCUT2D eigenvalue weighted by molar-refractivity contribution is 0.0648. The molecule has 2 heteroatoms. The van der Waals surface area contributed by atoms with Gasteiger partial charge in [-0.3, -0.25) is 4.90 Å². The van der Waals surface area contributed by atoms with Gasteiger partial charge < -0.3 is 5.73 Å². The van der Waals surface area contributed by atoms with Crippen LogP contribution in [-0.4, -0.2) is 30.6 Å². The fourth-order valence-electron chi connectivity index (χ4n) is 3.21. The van der Waals surface area contributed by atoms with Gasteiger partial charge in [-0.05, 0) is 37.8 Å². The van der Waals surface area contributed by atoms with Crippen molar-refractivity contribution in [3.05, 3.63) is 0 Å². The second-order valence-corrected chi connectivity index (χ2v) is 5.77. The van der Waals surface area contributed by atoms with E-state index >= 15 is 0 Å². The summed E-state index contributed by atoms with van der Waals surface area (Å²) in [4.78, 5) is 2.65. The van der Waals surface area contributed by atoms with E-state index in [0.29, 0.717) is 11.5 Å². The number of rotatable bonds is 7. The average molecular weight is 240 g/mol. The van der Waals surface area contributed by atoms with Crippen LogP contribution >= 0.6 is 0 Å². The molecule has 0 aliphatic carbocycles. The zero-order valence-electron chi connectivity index (χ0n) is 12.2. The Hall–Kier alpha value is -0.0800. The first-order valence-electron chi connectivity index (χ1n) is 7.65. The maximum absolute atomic E-state index is 5.94. The number of hydrogen-bond donors (Lipinski definition) is 1. The van der Waals surface area contributed by atoms with Crippen molar-refractivity contribution in [3.63, 3.8) is 0 Å². The third-order valence-corrected chi connectivity index (χ3v) is 5.04. The highest BCUT2D eigenvalue weighted by Gasteiger charge is 2.32. The quantitative estimate of drug-likeness (QED) is 0.739. The van der Waals surface area contributed by atoms with Crippen LogP contribution in [-0.2, 0) is 0 Å². The summed E-state index contributed by atoms with van der Waals surface area (Å²) >= 11 is 0. The van der Waals surface area contributed by atoms with E-state index in [4.69, 9.17) is 5.73 Å². The normalized spacial score (nSPS) is 22.6. The molecule has 1 aliphatic heterocycles. The fourth-order valence-corrected chi connectivity index (χ4v) is 3.21. The molecule has 2 nitrogen and oxygen atoms in total. The van der Waals surface area contributed by atoms with Crippen molar-refractivity contribution in [1.29, 1.82) is 0 Å². The summed E-state index contributed by atoms with van der Waals surface area (Å²) in [6, 6.07) is 0.640. The molecule has 0 bridgehead atoms. The van der Waals surface area contributed by atoms with Gasteiger partial charge in [0.15, 0.2) is 0 Å². The largest absolute Gasteiger partial charge is 0.329 e. The van der Waals surface area contributed by atoms with E-state index in [2.05, 4.69) is 25.7 Å². The Kier molecular flexibility index (Phi) is 6.50. The predicted molar refractivity (Wildman–Crippen MR) is 76.2 cm³/mol. The van der Waals surface area contributed by atoms with Crippen molar-refractivity contribution in [2.75, 3.05) is 19.6 Å². The Labute approximate surface area is 108 Å². The first-order valence-corrected chi connectivity index (χ1v) is 7.65. The minimum atomic E-state index is 0.639. The van der Waals surface area contributed by atoms with Gasteiger partial charge in [0.05, 0.1) is 0 Å². The molecular formula is C15H32N2. The third-order valence-electron chi connectivity index (χ3n) is 5.04. The van der Waals surface area contributed by atoms with E-state index in [1.165, 1.54) is 58.0 Å². The van der Waals surface area contributed by atoms with E-state index in [1.54, 1.807) is 0 Å². The second kappa shape index (κ2) is 7.38. The Morgan fingerprint density at radius 1 is 1.12 bits per heavy atom. The van der Waals surface area contributed by atoms with E-state index < -0.39 is 0 Å². The van der Waals surface area contributed by atoms with Crippen LogP contribution in [0.15, 0.2) is 0 Å². The van der Waals surface area contributed by atoms with Gasteiger partial charge in [-0.25, -0.2) is 0 Å². The summed E-state index contributed by atoms with van der Waals surface area (Å²) < 4.78 is 0. The number of hydrogen-bond acceptors (Lipinski definition) is 2. The van der Waals surface area contributed by atoms with Gasteiger partial charge in [0.25, 0.3) is 0 Å². The van der Waals surface area contributed by atoms with Crippen molar-refractivity contribution in [2.24, 2.45) is 11.1 Å². The molecule has 1 fully saturated rings. The van der Waals surface area contributed by atoms with Gasteiger partial charge in [0, 0.05) is 12.6 Å². The molecule has 102 valence electrons. The zero-order valence-corrected chi connectivity index (χ0v) is 12.2. The molecule has 0 radical (unpaired) electrons. The fraction of sp³-hybridized carbons (Fsp3) is 1.00. The standard InChI is InChI=1S/C15H32N2/c1-4-7-8-14(13-16)17-11-9-15(5-2,6-3)10-12-17/h14H,4-13,16H2,1-3H3. The lowest BCUT2D eigenvalue weighted by Crippen LogP contribution is -2.47. The van der Waals surface area contributed by atoms with Crippen molar-refractivity contribution in [1.82, 2.24) is 4.90 Å². The summed E-state index contributed by atoms with van der Waals surface area (Å²) in [6.07, 6.45) is 9.35. The molecule has 1 rings (SSSR count). The topological polar surface area (TPSA) is 29.3 Å². The lowest BCUT2D eigenvalue weighted by Gasteiger charge is -2.44. The summed E-state index contributed by atoms with van der Waals surface area (Å²) in [5.41, 5.74) is 6.57. The molecule has 2 N–H and O–H groups in total. The lowest BCUT2D eigenvalue weighted by atomic mass is 9.74. The van der Waals surface area contributed by atoms with Crippen LogP contribution in [0.4, 0.5) is 0 Å². The molecule has 1 heterocycles. The monoisotopic (exact) mass is 240 g/mol. The Balaban J connectivity index is 2.43. The molecule has 0 aromatic carbocycles. The van der Waals surface area contributed by atoms with E-state index in [9.17, 15) is 0 Å². The smallest absolute Gasteiger partial charge is 0.0218 e. The van der Waals surface area contributed by atoms with Crippen LogP contribution in [0.5, 0.6) is 0 Å². The van der Waals surface area contributed by atoms with E-state index in [-0.39, 0.29) is 0 Å². The Morgan fingerprint density at radius 2 is 1.71 bits per heavy atom. The minimum Gasteiger partial charge on any atom is -0.329 e. The van der Waals surface area contributed by atoms with Crippen molar-refractivity contribution in [2.45, 2.75) is 71.8 Å². The molecule has 1 aliphatic rings. The van der Waals surface area contributed by atoms with Crippen LogP contribution in [0.1, 0.15) is 65.7 Å². The van der Waals surface area contributed by atoms with Gasteiger partial charge in [-0.15, -0.1) is 0 Å². The summed E-state index contributed by atoms with van der Waals surface area (Å²) in [5.74, 6) is 0. The molecule has 0 aromatic rings. The maximum Gasteiger partial charge on any atom is 0.0218 e.